The van der Waals surface area contributed by atoms with Crippen molar-refractivity contribution in [3.05, 3.63) is 34.3 Å². The second kappa shape index (κ2) is 7.11. The molecule has 1 heterocycles. The zero-order chi connectivity index (χ0) is 15.4. The van der Waals surface area contributed by atoms with Crippen molar-refractivity contribution in [3.63, 3.8) is 0 Å². The van der Waals surface area contributed by atoms with Crippen LogP contribution < -0.4 is 16.8 Å². The first-order valence-electron chi connectivity index (χ1n) is 6.53. The van der Waals surface area contributed by atoms with Gasteiger partial charge in [0, 0.05) is 28.0 Å². The Balaban J connectivity index is 2.26. The molecular weight excluding hydrogens is 350 g/mol. The summed E-state index contributed by atoms with van der Waals surface area (Å²) in [4.78, 5) is 9.49. The van der Waals surface area contributed by atoms with Gasteiger partial charge in [0.05, 0.1) is 0 Å². The summed E-state index contributed by atoms with van der Waals surface area (Å²) in [6.07, 6.45) is 0. The fraction of sp³-hybridized carbons (Fsp3) is 0.286. The molecular formula is C14H18BrN5S. The number of hydrogen-bond donors (Lipinski definition) is 3. The molecule has 1 aromatic carbocycles. The molecule has 7 heteroatoms. The summed E-state index contributed by atoms with van der Waals surface area (Å²) in [5, 5.41) is 3.96. The fourth-order valence-electron chi connectivity index (χ4n) is 1.69. The Kier molecular flexibility index (Phi) is 5.44. The number of hydrogen-bond acceptors (Lipinski definition) is 6. The molecule has 0 atom stereocenters. The van der Waals surface area contributed by atoms with E-state index in [2.05, 4.69) is 51.1 Å². The van der Waals surface area contributed by atoms with E-state index in [9.17, 15) is 0 Å². The summed E-state index contributed by atoms with van der Waals surface area (Å²) in [6.45, 7) is 5.02. The lowest BCUT2D eigenvalue weighted by Crippen LogP contribution is -2.22. The van der Waals surface area contributed by atoms with Gasteiger partial charge in [0.15, 0.2) is 5.16 Å². The molecule has 0 saturated heterocycles. The van der Waals surface area contributed by atoms with E-state index in [1.54, 1.807) is 6.07 Å². The minimum Gasteiger partial charge on any atom is -0.383 e. The van der Waals surface area contributed by atoms with Gasteiger partial charge in [-0.2, -0.15) is 0 Å². The van der Waals surface area contributed by atoms with Crippen LogP contribution in [0.5, 0.6) is 0 Å². The molecule has 0 radical (unpaired) electrons. The number of anilines is 2. The lowest BCUT2D eigenvalue weighted by atomic mass is 10.2. The van der Waals surface area contributed by atoms with E-state index in [0.717, 1.165) is 15.9 Å². The van der Waals surface area contributed by atoms with E-state index in [4.69, 9.17) is 11.5 Å². The normalized spacial score (nSPS) is 11.0. The number of nitrogen functional groups attached to an aromatic ring is 2. The average molecular weight is 368 g/mol. The summed E-state index contributed by atoms with van der Waals surface area (Å²) in [5.41, 5.74) is 12.6. The Hall–Kier alpha value is -1.31. The van der Waals surface area contributed by atoms with Gasteiger partial charge in [0.25, 0.3) is 0 Å². The largest absolute Gasteiger partial charge is 0.383 e. The van der Waals surface area contributed by atoms with Crippen LogP contribution in [0.2, 0.25) is 0 Å². The highest BCUT2D eigenvalue weighted by Gasteiger charge is 2.09. The third-order valence-corrected chi connectivity index (χ3v) is 4.13. The first-order valence-corrected chi connectivity index (χ1v) is 8.14. The van der Waals surface area contributed by atoms with Crippen LogP contribution in [0, 0.1) is 0 Å². The Bertz CT molecular complexity index is 613. The SMILES string of the molecule is CC(C)NCc1ccc(Br)cc1Sc1nc(N)cc(N)n1. The minimum atomic E-state index is 0.377. The summed E-state index contributed by atoms with van der Waals surface area (Å²) in [5.74, 6) is 0.753. The van der Waals surface area contributed by atoms with Crippen molar-refractivity contribution >= 4 is 39.3 Å². The lowest BCUT2D eigenvalue weighted by molar-refractivity contribution is 0.584. The van der Waals surface area contributed by atoms with Gasteiger partial charge in [-0.15, -0.1) is 0 Å². The summed E-state index contributed by atoms with van der Waals surface area (Å²) < 4.78 is 1.01. The second-order valence-corrected chi connectivity index (χ2v) is 6.81. The Morgan fingerprint density at radius 2 is 1.86 bits per heavy atom. The second-order valence-electron chi connectivity index (χ2n) is 4.89. The summed E-state index contributed by atoms with van der Waals surface area (Å²) in [6, 6.07) is 8.12. The maximum absolute atomic E-state index is 5.71. The van der Waals surface area contributed by atoms with Crippen molar-refractivity contribution in [1.29, 1.82) is 0 Å². The monoisotopic (exact) mass is 367 g/mol. The maximum Gasteiger partial charge on any atom is 0.196 e. The van der Waals surface area contributed by atoms with Gasteiger partial charge in [-0.05, 0) is 29.5 Å². The van der Waals surface area contributed by atoms with Crippen molar-refractivity contribution in [3.8, 4) is 0 Å². The molecule has 0 spiro atoms. The third kappa shape index (κ3) is 4.87. The Labute approximate surface area is 137 Å². The van der Waals surface area contributed by atoms with Gasteiger partial charge in [-0.1, -0.05) is 35.8 Å². The number of aromatic nitrogens is 2. The van der Waals surface area contributed by atoms with Crippen LogP contribution in [0.1, 0.15) is 19.4 Å². The van der Waals surface area contributed by atoms with Crippen LogP contribution in [0.15, 0.2) is 38.8 Å². The molecule has 0 aliphatic carbocycles. The predicted molar refractivity (Wildman–Crippen MR) is 91.1 cm³/mol. The number of rotatable bonds is 5. The van der Waals surface area contributed by atoms with Crippen molar-refractivity contribution < 1.29 is 0 Å². The number of nitrogens with two attached hydrogens (primary N) is 2. The molecule has 0 unspecified atom stereocenters. The van der Waals surface area contributed by atoms with Crippen molar-refractivity contribution in [2.75, 3.05) is 11.5 Å². The molecule has 0 aliphatic heterocycles. The molecule has 1 aromatic heterocycles. The third-order valence-electron chi connectivity index (χ3n) is 2.68. The van der Waals surface area contributed by atoms with Gasteiger partial charge in [0.1, 0.15) is 11.6 Å². The van der Waals surface area contributed by atoms with E-state index < -0.39 is 0 Å². The van der Waals surface area contributed by atoms with E-state index in [-0.39, 0.29) is 0 Å². The van der Waals surface area contributed by atoms with Crippen molar-refractivity contribution in [2.45, 2.75) is 36.5 Å². The first kappa shape index (κ1) is 16.1. The molecule has 2 rings (SSSR count). The van der Waals surface area contributed by atoms with Gasteiger partial charge in [-0.3, -0.25) is 0 Å². The Morgan fingerprint density at radius 3 is 2.48 bits per heavy atom. The molecule has 2 aromatic rings. The molecule has 5 nitrogen and oxygen atoms in total. The molecule has 21 heavy (non-hydrogen) atoms. The average Bonchev–Trinajstić information content (AvgIpc) is 2.36. The first-order chi connectivity index (χ1) is 9.94. The molecule has 5 N–H and O–H groups in total. The highest BCUT2D eigenvalue weighted by Crippen LogP contribution is 2.31. The molecule has 112 valence electrons. The van der Waals surface area contributed by atoms with Gasteiger partial charge < -0.3 is 16.8 Å². The number of halogens is 1. The van der Waals surface area contributed by atoms with Crippen LogP contribution >= 0.6 is 27.7 Å². The smallest absolute Gasteiger partial charge is 0.196 e. The zero-order valence-electron chi connectivity index (χ0n) is 11.9. The minimum absolute atomic E-state index is 0.377. The Morgan fingerprint density at radius 1 is 1.19 bits per heavy atom. The van der Waals surface area contributed by atoms with E-state index in [0.29, 0.717) is 22.8 Å². The van der Waals surface area contributed by atoms with Crippen LogP contribution in [0.25, 0.3) is 0 Å². The lowest BCUT2D eigenvalue weighted by Gasteiger charge is -2.12. The molecule has 0 bridgehead atoms. The van der Waals surface area contributed by atoms with Crippen molar-refractivity contribution in [2.24, 2.45) is 0 Å². The predicted octanol–water partition coefficient (Wildman–Crippen LogP) is 3.05. The zero-order valence-corrected chi connectivity index (χ0v) is 14.3. The molecule has 0 fully saturated rings. The number of benzene rings is 1. The van der Waals surface area contributed by atoms with Gasteiger partial charge in [-0.25, -0.2) is 9.97 Å². The van der Waals surface area contributed by atoms with Gasteiger partial charge >= 0.3 is 0 Å². The molecule has 0 aliphatic rings. The highest BCUT2D eigenvalue weighted by molar-refractivity contribution is 9.10. The highest BCUT2D eigenvalue weighted by atomic mass is 79.9. The summed E-state index contributed by atoms with van der Waals surface area (Å²) >= 11 is 4.95. The van der Waals surface area contributed by atoms with Crippen LogP contribution in [0.3, 0.4) is 0 Å². The van der Waals surface area contributed by atoms with Crippen molar-refractivity contribution in [1.82, 2.24) is 15.3 Å². The molecule has 0 amide bonds. The maximum atomic E-state index is 5.71. The van der Waals surface area contributed by atoms with E-state index >= 15 is 0 Å². The fourth-order valence-corrected chi connectivity index (χ4v) is 3.16. The summed E-state index contributed by atoms with van der Waals surface area (Å²) in [7, 11) is 0. The van der Waals surface area contributed by atoms with Gasteiger partial charge in [0.2, 0.25) is 0 Å². The standard InChI is InChI=1S/C14H18BrN5S/c1-8(2)18-7-9-3-4-10(15)5-11(9)21-14-19-12(16)6-13(17)20-14/h3-6,8,18H,7H2,1-2H3,(H4,16,17,19,20). The van der Waals surface area contributed by atoms with Crippen LogP contribution in [-0.2, 0) is 6.54 Å². The number of nitrogens with zero attached hydrogens (tertiary/aromatic N) is 2. The van der Waals surface area contributed by atoms with E-state index in [1.165, 1.54) is 17.3 Å². The number of nitrogens with one attached hydrogen (secondary N) is 1. The van der Waals surface area contributed by atoms with Crippen LogP contribution in [0.4, 0.5) is 11.6 Å². The van der Waals surface area contributed by atoms with Crippen LogP contribution in [-0.4, -0.2) is 16.0 Å². The van der Waals surface area contributed by atoms with E-state index in [1.807, 2.05) is 12.1 Å². The molecule has 0 saturated carbocycles. The topological polar surface area (TPSA) is 89.8 Å². The quantitative estimate of drug-likeness (QED) is 0.703.